The summed E-state index contributed by atoms with van der Waals surface area (Å²) in [6, 6.07) is 4.04. The van der Waals surface area contributed by atoms with E-state index in [1.165, 1.54) is 12.0 Å². The van der Waals surface area contributed by atoms with Gasteiger partial charge in [-0.25, -0.2) is 0 Å². The zero-order valence-corrected chi connectivity index (χ0v) is 14.3. The van der Waals surface area contributed by atoms with Gasteiger partial charge in [0.15, 0.2) is 0 Å². The SMILES string of the molecule is Cc1noc(C)c1CN1C[C@@H]2CC[C@H](C1)N(C(=O)c1ccc[nH]1)C2. The number of hydrogen-bond donors (Lipinski definition) is 1. The van der Waals surface area contributed by atoms with Gasteiger partial charge >= 0.3 is 0 Å². The predicted molar refractivity (Wildman–Crippen MR) is 89.6 cm³/mol. The van der Waals surface area contributed by atoms with E-state index in [0.29, 0.717) is 17.7 Å². The van der Waals surface area contributed by atoms with Crippen LogP contribution in [-0.2, 0) is 6.54 Å². The van der Waals surface area contributed by atoms with Gasteiger partial charge in [0.2, 0.25) is 0 Å². The quantitative estimate of drug-likeness (QED) is 0.939. The molecule has 0 aliphatic carbocycles. The summed E-state index contributed by atoms with van der Waals surface area (Å²) in [5, 5.41) is 4.07. The van der Waals surface area contributed by atoms with Gasteiger partial charge in [0.05, 0.1) is 5.69 Å². The molecule has 2 atom stereocenters. The first-order valence-corrected chi connectivity index (χ1v) is 8.70. The number of aromatic amines is 1. The molecule has 2 bridgehead atoms. The Balaban J connectivity index is 1.51. The maximum absolute atomic E-state index is 12.8. The van der Waals surface area contributed by atoms with E-state index in [0.717, 1.165) is 44.1 Å². The summed E-state index contributed by atoms with van der Waals surface area (Å²) < 4.78 is 5.30. The highest BCUT2D eigenvalue weighted by molar-refractivity contribution is 5.92. The van der Waals surface area contributed by atoms with Gasteiger partial charge in [-0.3, -0.25) is 9.69 Å². The van der Waals surface area contributed by atoms with E-state index in [1.807, 2.05) is 32.2 Å². The molecule has 2 aromatic rings. The third-order valence-electron chi connectivity index (χ3n) is 5.44. The Morgan fingerprint density at radius 3 is 2.92 bits per heavy atom. The van der Waals surface area contributed by atoms with E-state index < -0.39 is 0 Å². The van der Waals surface area contributed by atoms with Gasteiger partial charge in [0.1, 0.15) is 11.5 Å². The number of H-pyrrole nitrogens is 1. The van der Waals surface area contributed by atoms with E-state index >= 15 is 0 Å². The Bertz CT molecular complexity index is 702. The molecule has 0 unspecified atom stereocenters. The molecular weight excluding hydrogens is 304 g/mol. The third-order valence-corrected chi connectivity index (χ3v) is 5.44. The van der Waals surface area contributed by atoms with Crippen LogP contribution in [0.3, 0.4) is 0 Å². The minimum absolute atomic E-state index is 0.133. The molecule has 6 heteroatoms. The Morgan fingerprint density at radius 1 is 1.33 bits per heavy atom. The summed E-state index contributed by atoms with van der Waals surface area (Å²) in [6.07, 6.45) is 4.11. The number of aromatic nitrogens is 2. The van der Waals surface area contributed by atoms with Gasteiger partial charge in [-0.15, -0.1) is 0 Å². The standard InChI is InChI=1S/C18H24N4O2/c1-12-16(13(2)24-20-12)11-21-8-14-5-6-15(10-21)22(9-14)18(23)17-4-3-7-19-17/h3-4,7,14-15,19H,5-6,8-11H2,1-2H3/t14-,15+/m0/s1. The first-order valence-electron chi connectivity index (χ1n) is 8.70. The largest absolute Gasteiger partial charge is 0.361 e. The minimum atomic E-state index is 0.133. The smallest absolute Gasteiger partial charge is 0.270 e. The highest BCUT2D eigenvalue weighted by Crippen LogP contribution is 2.30. The van der Waals surface area contributed by atoms with Gasteiger partial charge in [0, 0.05) is 44.0 Å². The Labute approximate surface area is 141 Å². The van der Waals surface area contributed by atoms with Crippen molar-refractivity contribution in [3.05, 3.63) is 41.0 Å². The van der Waals surface area contributed by atoms with Crippen molar-refractivity contribution in [2.45, 2.75) is 39.3 Å². The molecule has 5 rings (SSSR count). The summed E-state index contributed by atoms with van der Waals surface area (Å²) in [5.74, 6) is 1.58. The fourth-order valence-corrected chi connectivity index (χ4v) is 4.13. The zero-order chi connectivity index (χ0) is 16.7. The van der Waals surface area contributed by atoms with Gasteiger partial charge in [0.25, 0.3) is 5.91 Å². The molecular formula is C18H24N4O2. The summed E-state index contributed by atoms with van der Waals surface area (Å²) in [7, 11) is 0. The van der Waals surface area contributed by atoms with Gasteiger partial charge in [-0.1, -0.05) is 5.16 Å². The molecule has 0 spiro atoms. The summed E-state index contributed by atoms with van der Waals surface area (Å²) in [6.45, 7) is 7.66. The minimum Gasteiger partial charge on any atom is -0.361 e. The lowest BCUT2D eigenvalue weighted by Crippen LogP contribution is -2.47. The molecule has 3 saturated heterocycles. The average Bonchev–Trinajstić information content (AvgIpc) is 3.11. The Hall–Kier alpha value is -2.08. The van der Waals surface area contributed by atoms with E-state index in [2.05, 4.69) is 19.9 Å². The van der Waals surface area contributed by atoms with Crippen LogP contribution in [0.2, 0.25) is 0 Å². The second-order valence-corrected chi connectivity index (χ2v) is 7.14. The molecule has 0 aromatic carbocycles. The van der Waals surface area contributed by atoms with Crippen molar-refractivity contribution >= 4 is 5.91 Å². The molecule has 2 aromatic heterocycles. The van der Waals surface area contributed by atoms with E-state index in [9.17, 15) is 4.79 Å². The fourth-order valence-electron chi connectivity index (χ4n) is 4.13. The second-order valence-electron chi connectivity index (χ2n) is 7.14. The fraction of sp³-hybridized carbons (Fsp3) is 0.556. The van der Waals surface area contributed by atoms with Crippen LogP contribution in [0.5, 0.6) is 0 Å². The van der Waals surface area contributed by atoms with Crippen LogP contribution in [0.25, 0.3) is 0 Å². The Morgan fingerprint density at radius 2 is 2.21 bits per heavy atom. The molecule has 6 nitrogen and oxygen atoms in total. The topological polar surface area (TPSA) is 65.4 Å². The summed E-state index contributed by atoms with van der Waals surface area (Å²) in [5.41, 5.74) is 2.86. The van der Waals surface area contributed by atoms with Crippen molar-refractivity contribution in [3.8, 4) is 0 Å². The molecule has 3 fully saturated rings. The molecule has 1 amide bonds. The predicted octanol–water partition coefficient (Wildman–Crippen LogP) is 2.36. The van der Waals surface area contributed by atoms with Gasteiger partial charge in [-0.2, -0.15) is 0 Å². The normalized spacial score (nSPS) is 24.3. The highest BCUT2D eigenvalue weighted by Gasteiger charge is 2.37. The molecule has 5 heterocycles. The second kappa shape index (κ2) is 6.09. The van der Waals surface area contributed by atoms with Crippen LogP contribution in [0, 0.1) is 19.8 Å². The zero-order valence-electron chi connectivity index (χ0n) is 14.3. The number of carbonyl (C=O) groups is 1. The molecule has 0 saturated carbocycles. The molecule has 0 radical (unpaired) electrons. The summed E-state index contributed by atoms with van der Waals surface area (Å²) >= 11 is 0. The lowest BCUT2D eigenvalue weighted by Gasteiger charge is -2.36. The van der Waals surface area contributed by atoms with Crippen LogP contribution >= 0.6 is 0 Å². The lowest BCUT2D eigenvalue weighted by atomic mass is 9.95. The molecule has 3 aliphatic rings. The maximum atomic E-state index is 12.8. The number of nitrogens with one attached hydrogen (secondary N) is 1. The molecule has 3 aliphatic heterocycles. The van der Waals surface area contributed by atoms with Crippen LogP contribution in [0.15, 0.2) is 22.9 Å². The number of carbonyl (C=O) groups excluding carboxylic acids is 1. The van der Waals surface area contributed by atoms with Crippen LogP contribution in [-0.4, -0.2) is 51.5 Å². The van der Waals surface area contributed by atoms with Crippen LogP contribution < -0.4 is 0 Å². The monoisotopic (exact) mass is 328 g/mol. The Kier molecular flexibility index (Phi) is 3.92. The van der Waals surface area contributed by atoms with Crippen LogP contribution in [0.4, 0.5) is 0 Å². The third kappa shape index (κ3) is 2.75. The lowest BCUT2D eigenvalue weighted by molar-refractivity contribution is 0.0579. The van der Waals surface area contributed by atoms with Crippen molar-refractivity contribution in [1.82, 2.24) is 19.9 Å². The first-order chi connectivity index (χ1) is 11.6. The number of nitrogens with zero attached hydrogens (tertiary/aromatic N) is 3. The molecule has 128 valence electrons. The van der Waals surface area contributed by atoms with E-state index in [4.69, 9.17) is 4.52 Å². The number of amides is 1. The van der Waals surface area contributed by atoms with Crippen molar-refractivity contribution in [2.24, 2.45) is 5.92 Å². The van der Waals surface area contributed by atoms with Gasteiger partial charge in [-0.05, 0) is 44.7 Å². The van der Waals surface area contributed by atoms with Crippen molar-refractivity contribution in [2.75, 3.05) is 19.6 Å². The number of aryl methyl sites for hydroxylation is 2. The summed E-state index contributed by atoms with van der Waals surface area (Å²) in [4.78, 5) is 20.4. The highest BCUT2D eigenvalue weighted by atomic mass is 16.5. The molecule has 1 N–H and O–H groups in total. The van der Waals surface area contributed by atoms with Gasteiger partial charge < -0.3 is 14.4 Å². The van der Waals surface area contributed by atoms with Crippen molar-refractivity contribution in [1.29, 1.82) is 0 Å². The van der Waals surface area contributed by atoms with Crippen LogP contribution in [0.1, 0.15) is 40.3 Å². The number of hydrogen-bond acceptors (Lipinski definition) is 4. The van der Waals surface area contributed by atoms with Crippen molar-refractivity contribution in [3.63, 3.8) is 0 Å². The average molecular weight is 328 g/mol. The maximum Gasteiger partial charge on any atom is 0.270 e. The van der Waals surface area contributed by atoms with Crippen molar-refractivity contribution < 1.29 is 9.32 Å². The molecule has 24 heavy (non-hydrogen) atoms. The number of rotatable bonds is 3. The van der Waals surface area contributed by atoms with E-state index in [-0.39, 0.29) is 5.91 Å². The first kappa shape index (κ1) is 15.4. The number of fused-ring (bicyclic) bond motifs is 4. The number of piperidine rings is 1. The van der Waals surface area contributed by atoms with E-state index in [1.54, 1.807) is 0 Å².